The van der Waals surface area contributed by atoms with Gasteiger partial charge >= 0.3 is 6.61 Å². The molecular weight excluding hydrogens is 282 g/mol. The van der Waals surface area contributed by atoms with Crippen LogP contribution in [0.3, 0.4) is 0 Å². The van der Waals surface area contributed by atoms with Crippen molar-refractivity contribution in [1.29, 1.82) is 0 Å². The number of hydrogen-bond donors (Lipinski definition) is 2. The average molecular weight is 298 g/mol. The summed E-state index contributed by atoms with van der Waals surface area (Å²) >= 11 is 0. The number of ether oxygens (including phenoxy) is 1. The fourth-order valence-corrected chi connectivity index (χ4v) is 2.11. The minimum atomic E-state index is -2.90. The van der Waals surface area contributed by atoms with Gasteiger partial charge in [-0.2, -0.15) is 8.78 Å². The molecular formula is C14H16F2N2O3. The number of benzene rings is 1. The monoisotopic (exact) mass is 298 g/mol. The standard InChI is InChI=1S/C14H16F2N2O3/c15-14(16)21-10-6-4-9(5-7-10)12(19)18-11-3-1-2-8-17-13(11)20/h4-7,11,14H,1-3,8H2,(H,17,20)(H,18,19)/t11-/m0/s1. The van der Waals surface area contributed by atoms with Gasteiger partial charge in [0.15, 0.2) is 0 Å². The molecule has 0 unspecified atom stereocenters. The number of rotatable bonds is 4. The van der Waals surface area contributed by atoms with Crippen molar-refractivity contribution in [2.24, 2.45) is 0 Å². The third-order valence-electron chi connectivity index (χ3n) is 3.18. The van der Waals surface area contributed by atoms with Crippen LogP contribution >= 0.6 is 0 Å². The third kappa shape index (κ3) is 4.40. The molecule has 114 valence electrons. The Labute approximate surface area is 120 Å². The summed E-state index contributed by atoms with van der Waals surface area (Å²) in [5, 5.41) is 5.37. The summed E-state index contributed by atoms with van der Waals surface area (Å²) in [7, 11) is 0. The molecule has 2 N–H and O–H groups in total. The number of carbonyl (C=O) groups excluding carboxylic acids is 2. The first kappa shape index (κ1) is 15.2. The molecule has 7 heteroatoms. The van der Waals surface area contributed by atoms with E-state index in [0.29, 0.717) is 13.0 Å². The molecule has 2 rings (SSSR count). The number of nitrogens with one attached hydrogen (secondary N) is 2. The van der Waals surface area contributed by atoms with E-state index in [1.807, 2.05) is 0 Å². The summed E-state index contributed by atoms with van der Waals surface area (Å²) in [6, 6.07) is 4.77. The summed E-state index contributed by atoms with van der Waals surface area (Å²) in [5.74, 6) is -0.632. The van der Waals surface area contributed by atoms with Crippen molar-refractivity contribution in [2.75, 3.05) is 6.54 Å². The number of hydrogen-bond acceptors (Lipinski definition) is 3. The Balaban J connectivity index is 1.97. The van der Waals surface area contributed by atoms with Gasteiger partial charge in [-0.1, -0.05) is 0 Å². The van der Waals surface area contributed by atoms with E-state index in [0.717, 1.165) is 12.8 Å². The van der Waals surface area contributed by atoms with Gasteiger partial charge in [-0.3, -0.25) is 9.59 Å². The molecule has 0 aromatic heterocycles. The molecule has 21 heavy (non-hydrogen) atoms. The lowest BCUT2D eigenvalue weighted by Gasteiger charge is -2.15. The van der Waals surface area contributed by atoms with Gasteiger partial charge in [0.2, 0.25) is 5.91 Å². The maximum Gasteiger partial charge on any atom is 0.387 e. The van der Waals surface area contributed by atoms with Crippen LogP contribution in [0.25, 0.3) is 0 Å². The van der Waals surface area contributed by atoms with Gasteiger partial charge in [0.25, 0.3) is 5.91 Å². The highest BCUT2D eigenvalue weighted by atomic mass is 19.3. The van der Waals surface area contributed by atoms with Crippen LogP contribution in [0.1, 0.15) is 29.6 Å². The van der Waals surface area contributed by atoms with E-state index in [1.165, 1.54) is 24.3 Å². The second-order valence-corrected chi connectivity index (χ2v) is 4.72. The topological polar surface area (TPSA) is 67.4 Å². The second kappa shape index (κ2) is 7.01. The number of amides is 2. The molecule has 1 atom stereocenters. The number of carbonyl (C=O) groups is 2. The summed E-state index contributed by atoms with van der Waals surface area (Å²) in [6.07, 6.45) is 2.33. The van der Waals surface area contributed by atoms with Crippen molar-refractivity contribution < 1.29 is 23.1 Å². The zero-order valence-corrected chi connectivity index (χ0v) is 11.3. The van der Waals surface area contributed by atoms with Gasteiger partial charge in [0, 0.05) is 12.1 Å². The van der Waals surface area contributed by atoms with Gasteiger partial charge in [-0.25, -0.2) is 0 Å². The molecule has 1 aliphatic heterocycles. The van der Waals surface area contributed by atoms with E-state index in [4.69, 9.17) is 0 Å². The minimum absolute atomic E-state index is 0.0197. The van der Waals surface area contributed by atoms with E-state index in [2.05, 4.69) is 15.4 Å². The molecule has 0 saturated carbocycles. The Morgan fingerprint density at radius 1 is 1.29 bits per heavy atom. The number of halogens is 2. The first-order chi connectivity index (χ1) is 10.1. The highest BCUT2D eigenvalue weighted by Crippen LogP contribution is 2.15. The predicted molar refractivity (Wildman–Crippen MR) is 71.2 cm³/mol. The molecule has 1 heterocycles. The third-order valence-corrected chi connectivity index (χ3v) is 3.18. The van der Waals surface area contributed by atoms with E-state index < -0.39 is 18.6 Å². The average Bonchev–Trinajstić information content (AvgIpc) is 2.64. The molecule has 1 aromatic carbocycles. The summed E-state index contributed by atoms with van der Waals surface area (Å²) in [4.78, 5) is 23.8. The van der Waals surface area contributed by atoms with E-state index in [1.54, 1.807) is 0 Å². The maximum atomic E-state index is 12.0. The van der Waals surface area contributed by atoms with Crippen LogP contribution in [-0.2, 0) is 4.79 Å². The van der Waals surface area contributed by atoms with Gasteiger partial charge < -0.3 is 15.4 Å². The molecule has 5 nitrogen and oxygen atoms in total. The first-order valence-electron chi connectivity index (χ1n) is 6.70. The van der Waals surface area contributed by atoms with Crippen LogP contribution < -0.4 is 15.4 Å². The smallest absolute Gasteiger partial charge is 0.387 e. The van der Waals surface area contributed by atoms with Crippen molar-refractivity contribution in [3.05, 3.63) is 29.8 Å². The Bertz CT molecular complexity index is 505. The predicted octanol–water partition coefficient (Wildman–Crippen LogP) is 1.69. The summed E-state index contributed by atoms with van der Waals surface area (Å²) in [5.41, 5.74) is 0.286. The van der Waals surface area contributed by atoms with Crippen molar-refractivity contribution >= 4 is 11.8 Å². The van der Waals surface area contributed by atoms with Crippen LogP contribution in [0, 0.1) is 0 Å². The van der Waals surface area contributed by atoms with Crippen LogP contribution in [0.15, 0.2) is 24.3 Å². The van der Waals surface area contributed by atoms with Crippen LogP contribution in [0.5, 0.6) is 5.75 Å². The van der Waals surface area contributed by atoms with Crippen molar-refractivity contribution in [3.8, 4) is 5.75 Å². The summed E-state index contributed by atoms with van der Waals surface area (Å²) < 4.78 is 28.3. The normalized spacial score (nSPS) is 18.8. The van der Waals surface area contributed by atoms with Crippen LogP contribution in [0.4, 0.5) is 8.78 Å². The van der Waals surface area contributed by atoms with E-state index in [-0.39, 0.29) is 17.2 Å². The molecule has 1 aliphatic rings. The molecule has 0 spiro atoms. The Hall–Kier alpha value is -2.18. The molecule has 0 aliphatic carbocycles. The lowest BCUT2D eigenvalue weighted by atomic mass is 10.1. The molecule has 1 aromatic rings. The largest absolute Gasteiger partial charge is 0.435 e. The maximum absolute atomic E-state index is 12.0. The quantitative estimate of drug-likeness (QED) is 0.889. The Morgan fingerprint density at radius 3 is 2.67 bits per heavy atom. The van der Waals surface area contributed by atoms with Crippen molar-refractivity contribution in [3.63, 3.8) is 0 Å². The molecule has 1 fully saturated rings. The van der Waals surface area contributed by atoms with E-state index >= 15 is 0 Å². The number of alkyl halides is 2. The zero-order valence-electron chi connectivity index (χ0n) is 11.3. The molecule has 0 radical (unpaired) electrons. The SMILES string of the molecule is O=C(N[C@H]1CCCCNC1=O)c1ccc(OC(F)F)cc1. The lowest BCUT2D eigenvalue weighted by molar-refractivity contribution is -0.122. The van der Waals surface area contributed by atoms with Gasteiger partial charge in [-0.15, -0.1) is 0 Å². The van der Waals surface area contributed by atoms with Crippen LogP contribution in [0.2, 0.25) is 0 Å². The minimum Gasteiger partial charge on any atom is -0.435 e. The van der Waals surface area contributed by atoms with Crippen molar-refractivity contribution in [2.45, 2.75) is 31.9 Å². The highest BCUT2D eigenvalue weighted by molar-refractivity contribution is 5.97. The second-order valence-electron chi connectivity index (χ2n) is 4.72. The zero-order chi connectivity index (χ0) is 15.2. The Kier molecular flexibility index (Phi) is 5.08. The fraction of sp³-hybridized carbons (Fsp3) is 0.429. The molecule has 2 amide bonds. The van der Waals surface area contributed by atoms with Gasteiger partial charge in [0.1, 0.15) is 11.8 Å². The van der Waals surface area contributed by atoms with Gasteiger partial charge in [-0.05, 0) is 43.5 Å². The molecule has 0 bridgehead atoms. The summed E-state index contributed by atoms with van der Waals surface area (Å²) in [6.45, 7) is -2.29. The Morgan fingerprint density at radius 2 is 2.00 bits per heavy atom. The lowest BCUT2D eigenvalue weighted by Crippen LogP contribution is -2.45. The van der Waals surface area contributed by atoms with Crippen LogP contribution in [-0.4, -0.2) is 31.0 Å². The first-order valence-corrected chi connectivity index (χ1v) is 6.70. The fourth-order valence-electron chi connectivity index (χ4n) is 2.11. The molecule has 1 saturated heterocycles. The van der Waals surface area contributed by atoms with Gasteiger partial charge in [0.05, 0.1) is 0 Å². The van der Waals surface area contributed by atoms with Crippen molar-refractivity contribution in [1.82, 2.24) is 10.6 Å². The highest BCUT2D eigenvalue weighted by Gasteiger charge is 2.22. The van der Waals surface area contributed by atoms with E-state index in [9.17, 15) is 18.4 Å².